The lowest BCUT2D eigenvalue weighted by Crippen LogP contribution is -2.13. The minimum atomic E-state index is -0.281. The second-order valence-corrected chi connectivity index (χ2v) is 5.07. The van der Waals surface area contributed by atoms with Crippen LogP contribution in [0.2, 0.25) is 10.2 Å². The van der Waals surface area contributed by atoms with Gasteiger partial charge in [0.2, 0.25) is 0 Å². The van der Waals surface area contributed by atoms with Crippen molar-refractivity contribution in [1.82, 2.24) is 9.97 Å². The smallest absolute Gasteiger partial charge is 0.256 e. The summed E-state index contributed by atoms with van der Waals surface area (Å²) in [5.41, 5.74) is 2.76. The second kappa shape index (κ2) is 5.26. The minimum Gasteiger partial charge on any atom is -0.384 e. The highest BCUT2D eigenvalue weighted by atomic mass is 35.5. The number of nitrogens with one attached hydrogen (secondary N) is 2. The summed E-state index contributed by atoms with van der Waals surface area (Å²) in [4.78, 5) is 19.8. The van der Waals surface area contributed by atoms with E-state index in [-0.39, 0.29) is 21.9 Å². The summed E-state index contributed by atoms with van der Waals surface area (Å²) < 4.78 is 0. The lowest BCUT2D eigenvalue weighted by Gasteiger charge is -2.07. The monoisotopic (exact) mass is 308 g/mol. The number of hydrogen-bond donors (Lipinski definition) is 2. The SMILES string of the molecule is O=C(Nc1ncnc(Cl)c1Cl)c1ccc2c(c1)CCN2. The maximum Gasteiger partial charge on any atom is 0.256 e. The zero-order valence-electron chi connectivity index (χ0n) is 10.3. The molecule has 1 aliphatic heterocycles. The zero-order chi connectivity index (χ0) is 14.1. The molecule has 102 valence electrons. The molecular formula is C13H10Cl2N4O. The van der Waals surface area contributed by atoms with Crippen LogP contribution in [-0.4, -0.2) is 22.4 Å². The largest absolute Gasteiger partial charge is 0.384 e. The number of hydrogen-bond acceptors (Lipinski definition) is 4. The van der Waals surface area contributed by atoms with Crippen molar-refractivity contribution < 1.29 is 4.79 Å². The number of carbonyl (C=O) groups is 1. The Morgan fingerprint density at radius 1 is 1.30 bits per heavy atom. The molecule has 0 aliphatic carbocycles. The Labute approximate surface area is 125 Å². The summed E-state index contributed by atoms with van der Waals surface area (Å²) in [5, 5.41) is 6.11. The molecule has 7 heteroatoms. The van der Waals surface area contributed by atoms with Gasteiger partial charge in [-0.3, -0.25) is 4.79 Å². The predicted molar refractivity (Wildman–Crippen MR) is 78.6 cm³/mol. The van der Waals surface area contributed by atoms with Gasteiger partial charge < -0.3 is 10.6 Å². The fraction of sp³-hybridized carbons (Fsp3) is 0.154. The van der Waals surface area contributed by atoms with E-state index in [0.717, 1.165) is 24.2 Å². The number of halogens is 2. The highest BCUT2D eigenvalue weighted by molar-refractivity contribution is 6.43. The molecule has 0 bridgehead atoms. The molecule has 0 saturated carbocycles. The molecule has 0 atom stereocenters. The number of aromatic nitrogens is 2. The van der Waals surface area contributed by atoms with Crippen molar-refractivity contribution in [3.63, 3.8) is 0 Å². The van der Waals surface area contributed by atoms with Crippen molar-refractivity contribution in [3.05, 3.63) is 45.8 Å². The molecule has 0 unspecified atom stereocenters. The normalized spacial score (nSPS) is 12.7. The van der Waals surface area contributed by atoms with Gasteiger partial charge in [-0.1, -0.05) is 23.2 Å². The Hall–Kier alpha value is -1.85. The lowest BCUT2D eigenvalue weighted by molar-refractivity contribution is 0.102. The highest BCUT2D eigenvalue weighted by Crippen LogP contribution is 2.27. The molecule has 0 spiro atoms. The molecule has 20 heavy (non-hydrogen) atoms. The molecule has 0 fully saturated rings. The Kier molecular flexibility index (Phi) is 3.46. The van der Waals surface area contributed by atoms with E-state index in [9.17, 15) is 4.79 Å². The van der Waals surface area contributed by atoms with Crippen molar-refractivity contribution in [3.8, 4) is 0 Å². The Morgan fingerprint density at radius 2 is 2.15 bits per heavy atom. The molecule has 1 aromatic heterocycles. The molecule has 2 N–H and O–H groups in total. The summed E-state index contributed by atoms with van der Waals surface area (Å²) >= 11 is 11.7. The van der Waals surface area contributed by atoms with Gasteiger partial charge in [0.05, 0.1) is 0 Å². The third-order valence-corrected chi connectivity index (χ3v) is 3.80. The van der Waals surface area contributed by atoms with E-state index in [2.05, 4.69) is 20.6 Å². The summed E-state index contributed by atoms with van der Waals surface area (Å²) in [6.07, 6.45) is 2.16. The first-order chi connectivity index (χ1) is 9.65. The first kappa shape index (κ1) is 13.1. The molecule has 1 aromatic carbocycles. The van der Waals surface area contributed by atoms with Crippen LogP contribution in [0.1, 0.15) is 15.9 Å². The first-order valence-electron chi connectivity index (χ1n) is 5.99. The fourth-order valence-electron chi connectivity index (χ4n) is 2.06. The fourth-order valence-corrected chi connectivity index (χ4v) is 2.34. The van der Waals surface area contributed by atoms with Gasteiger partial charge >= 0.3 is 0 Å². The third-order valence-electron chi connectivity index (χ3n) is 3.06. The molecule has 2 heterocycles. The number of nitrogens with zero attached hydrogens (tertiary/aromatic N) is 2. The van der Waals surface area contributed by atoms with Gasteiger partial charge in [-0.25, -0.2) is 9.97 Å². The van der Waals surface area contributed by atoms with Gasteiger partial charge in [-0.05, 0) is 30.2 Å². The van der Waals surface area contributed by atoms with Crippen LogP contribution < -0.4 is 10.6 Å². The van der Waals surface area contributed by atoms with Crippen molar-refractivity contribution in [2.75, 3.05) is 17.2 Å². The van der Waals surface area contributed by atoms with Crippen LogP contribution in [-0.2, 0) is 6.42 Å². The van der Waals surface area contributed by atoms with E-state index in [1.165, 1.54) is 6.33 Å². The van der Waals surface area contributed by atoms with E-state index in [4.69, 9.17) is 23.2 Å². The average Bonchev–Trinajstić information content (AvgIpc) is 2.91. The van der Waals surface area contributed by atoms with E-state index < -0.39 is 0 Å². The standard InChI is InChI=1S/C13H10Cl2N4O/c14-10-11(15)17-6-18-12(10)19-13(20)8-1-2-9-7(5-8)3-4-16-9/h1-2,5-6,16H,3-4H2,(H,17,18,19,20). The second-order valence-electron chi connectivity index (χ2n) is 4.33. The maximum atomic E-state index is 12.2. The molecule has 5 nitrogen and oxygen atoms in total. The summed E-state index contributed by atoms with van der Waals surface area (Å²) in [5.74, 6) is -0.0772. The Bertz CT molecular complexity index is 690. The van der Waals surface area contributed by atoms with Gasteiger partial charge in [0.1, 0.15) is 11.3 Å². The number of benzene rings is 1. The van der Waals surface area contributed by atoms with Crippen LogP contribution in [0.5, 0.6) is 0 Å². The molecule has 0 saturated heterocycles. The van der Waals surface area contributed by atoms with Crippen LogP contribution in [0.3, 0.4) is 0 Å². The first-order valence-corrected chi connectivity index (χ1v) is 6.75. The van der Waals surface area contributed by atoms with Gasteiger partial charge in [-0.15, -0.1) is 0 Å². The Morgan fingerprint density at radius 3 is 3.00 bits per heavy atom. The number of anilines is 2. The van der Waals surface area contributed by atoms with Gasteiger partial charge in [0, 0.05) is 17.8 Å². The van der Waals surface area contributed by atoms with Crippen molar-refractivity contribution in [1.29, 1.82) is 0 Å². The van der Waals surface area contributed by atoms with Crippen molar-refractivity contribution in [2.45, 2.75) is 6.42 Å². The maximum absolute atomic E-state index is 12.2. The molecule has 2 aromatic rings. The predicted octanol–water partition coefficient (Wildman–Crippen LogP) is 3.00. The quantitative estimate of drug-likeness (QED) is 0.837. The molecule has 3 rings (SSSR count). The third kappa shape index (κ3) is 2.42. The number of fused-ring (bicyclic) bond motifs is 1. The van der Waals surface area contributed by atoms with Crippen molar-refractivity contribution in [2.24, 2.45) is 0 Å². The number of amides is 1. The number of rotatable bonds is 2. The molecule has 1 amide bonds. The van der Waals surface area contributed by atoms with Crippen LogP contribution in [0.15, 0.2) is 24.5 Å². The van der Waals surface area contributed by atoms with Crippen molar-refractivity contribution >= 4 is 40.6 Å². The molecular weight excluding hydrogens is 299 g/mol. The number of carbonyl (C=O) groups excluding carboxylic acids is 1. The lowest BCUT2D eigenvalue weighted by atomic mass is 10.1. The summed E-state index contributed by atoms with van der Waals surface area (Å²) in [6, 6.07) is 5.51. The molecule has 0 radical (unpaired) electrons. The van der Waals surface area contributed by atoms with Crippen LogP contribution in [0, 0.1) is 0 Å². The van der Waals surface area contributed by atoms with E-state index in [1.807, 2.05) is 12.1 Å². The summed E-state index contributed by atoms with van der Waals surface area (Å²) in [6.45, 7) is 0.897. The van der Waals surface area contributed by atoms with Gasteiger partial charge in [-0.2, -0.15) is 0 Å². The molecule has 1 aliphatic rings. The van der Waals surface area contributed by atoms with Crippen LogP contribution in [0.25, 0.3) is 0 Å². The van der Waals surface area contributed by atoms with Gasteiger partial charge in [0.15, 0.2) is 11.0 Å². The van der Waals surface area contributed by atoms with Crippen LogP contribution in [0.4, 0.5) is 11.5 Å². The van der Waals surface area contributed by atoms with Gasteiger partial charge in [0.25, 0.3) is 5.91 Å². The average molecular weight is 309 g/mol. The zero-order valence-corrected chi connectivity index (χ0v) is 11.8. The topological polar surface area (TPSA) is 66.9 Å². The van der Waals surface area contributed by atoms with Crippen LogP contribution >= 0.6 is 23.2 Å². The van der Waals surface area contributed by atoms with E-state index in [0.29, 0.717) is 5.56 Å². The van der Waals surface area contributed by atoms with E-state index >= 15 is 0 Å². The Balaban J connectivity index is 1.84. The summed E-state index contributed by atoms with van der Waals surface area (Å²) in [7, 11) is 0. The van der Waals surface area contributed by atoms with E-state index in [1.54, 1.807) is 6.07 Å². The highest BCUT2D eigenvalue weighted by Gasteiger charge is 2.15. The minimum absolute atomic E-state index is 0.107.